The normalized spacial score (nSPS) is 15.4. The molecule has 0 radical (unpaired) electrons. The zero-order valence-corrected chi connectivity index (χ0v) is 25.6. The van der Waals surface area contributed by atoms with Crippen molar-refractivity contribution in [3.05, 3.63) is 87.9 Å². The fraction of sp³-hybridized carbons (Fsp3) is 0.312. The van der Waals surface area contributed by atoms with E-state index in [2.05, 4.69) is 25.7 Å². The van der Waals surface area contributed by atoms with Crippen molar-refractivity contribution in [2.45, 2.75) is 46.9 Å². The third-order valence-corrected chi connectivity index (χ3v) is 7.10. The first-order chi connectivity index (χ1) is 21.0. The van der Waals surface area contributed by atoms with Crippen LogP contribution in [0.2, 0.25) is 0 Å². The third kappa shape index (κ3) is 7.09. The maximum Gasteiger partial charge on any atom is 0.337 e. The molecule has 1 aromatic heterocycles. The highest BCUT2D eigenvalue weighted by atomic mass is 16.5. The van der Waals surface area contributed by atoms with E-state index in [1.807, 2.05) is 39.0 Å². The lowest BCUT2D eigenvalue weighted by atomic mass is 9.95. The standard InChI is InChI=1S/C32H37N5O7/c1-7-43-27-15-23(30-29(31(40)42-6)19(3)34-32(41)35-30)10-13-26(27)44-17-28(39)36-33-16-24-14-18(2)37(20(24)4)25-11-8-22(9-12-25)21(5)38/h8-16,28,30,36,39H,7,17H2,1-6H3,(H2,34,35,41)/b33-16-/t28-,30+/m0/s1. The van der Waals surface area contributed by atoms with Crippen LogP contribution < -0.4 is 25.5 Å². The summed E-state index contributed by atoms with van der Waals surface area (Å²) in [7, 11) is 1.28. The van der Waals surface area contributed by atoms with Crippen LogP contribution in [-0.4, -0.2) is 60.2 Å². The lowest BCUT2D eigenvalue weighted by Crippen LogP contribution is -2.45. The summed E-state index contributed by atoms with van der Waals surface area (Å²) in [5.41, 5.74) is 8.29. The van der Waals surface area contributed by atoms with Crippen LogP contribution in [0.5, 0.6) is 11.5 Å². The Labute approximate surface area is 255 Å². The van der Waals surface area contributed by atoms with Crippen LogP contribution in [0.1, 0.15) is 59.7 Å². The highest BCUT2D eigenvalue weighted by molar-refractivity contribution is 5.95. The van der Waals surface area contributed by atoms with E-state index in [0.29, 0.717) is 34.9 Å². The van der Waals surface area contributed by atoms with Gasteiger partial charge in [0.25, 0.3) is 0 Å². The first-order valence-electron chi connectivity index (χ1n) is 14.1. The number of carbonyl (C=O) groups excluding carboxylic acids is 3. The number of aromatic nitrogens is 1. The summed E-state index contributed by atoms with van der Waals surface area (Å²) in [6.07, 6.45) is 0.483. The summed E-state index contributed by atoms with van der Waals surface area (Å²) in [6, 6.07) is 13.2. The van der Waals surface area contributed by atoms with Gasteiger partial charge in [-0.05, 0) is 82.6 Å². The van der Waals surface area contributed by atoms with Gasteiger partial charge >= 0.3 is 12.0 Å². The number of hydrogen-bond donors (Lipinski definition) is 4. The molecule has 3 aromatic rings. The van der Waals surface area contributed by atoms with E-state index in [0.717, 1.165) is 22.6 Å². The van der Waals surface area contributed by atoms with E-state index in [9.17, 15) is 19.5 Å². The molecule has 44 heavy (non-hydrogen) atoms. The Morgan fingerprint density at radius 2 is 1.82 bits per heavy atom. The van der Waals surface area contributed by atoms with Crippen LogP contribution in [0.15, 0.2) is 64.9 Å². The number of ether oxygens (including phenoxy) is 3. The summed E-state index contributed by atoms with van der Waals surface area (Å²) in [6.45, 7) is 9.12. The number of urea groups is 1. The molecule has 0 saturated heterocycles. The van der Waals surface area contributed by atoms with Crippen molar-refractivity contribution in [1.29, 1.82) is 0 Å². The number of ketones is 1. The number of nitrogens with one attached hydrogen (secondary N) is 3. The molecule has 0 unspecified atom stereocenters. The molecule has 0 spiro atoms. The molecule has 0 saturated carbocycles. The molecule has 0 bridgehead atoms. The van der Waals surface area contributed by atoms with Crippen molar-refractivity contribution in [2.75, 3.05) is 20.3 Å². The van der Waals surface area contributed by atoms with E-state index < -0.39 is 24.3 Å². The zero-order valence-electron chi connectivity index (χ0n) is 25.6. The average molecular weight is 604 g/mol. The molecule has 12 nitrogen and oxygen atoms in total. The lowest BCUT2D eigenvalue weighted by molar-refractivity contribution is -0.136. The van der Waals surface area contributed by atoms with Crippen molar-refractivity contribution in [2.24, 2.45) is 5.10 Å². The van der Waals surface area contributed by atoms with E-state index >= 15 is 0 Å². The molecule has 2 aromatic carbocycles. The molecule has 1 aliphatic heterocycles. The molecule has 4 rings (SSSR count). The Morgan fingerprint density at radius 3 is 2.48 bits per heavy atom. The van der Waals surface area contributed by atoms with E-state index in [4.69, 9.17) is 14.2 Å². The van der Waals surface area contributed by atoms with Gasteiger partial charge in [0.2, 0.25) is 0 Å². The number of aliphatic hydroxyl groups is 1. The largest absolute Gasteiger partial charge is 0.490 e. The highest BCUT2D eigenvalue weighted by Gasteiger charge is 2.32. The number of rotatable bonds is 12. The quantitative estimate of drug-likeness (QED) is 0.0802. The molecule has 0 fully saturated rings. The van der Waals surface area contributed by atoms with Gasteiger partial charge in [-0.2, -0.15) is 5.10 Å². The molecule has 232 valence electrons. The number of methoxy groups -OCH3 is 1. The predicted molar refractivity (Wildman–Crippen MR) is 164 cm³/mol. The van der Waals surface area contributed by atoms with Crippen molar-refractivity contribution in [1.82, 2.24) is 20.6 Å². The number of benzene rings is 2. The SMILES string of the molecule is CCOc1cc([C@H]2NC(=O)NC(C)=C2C(=O)OC)ccc1OC[C@H](O)N/N=C\c1cc(C)n(-c2ccc(C(C)=O)cc2)c1C. The fourth-order valence-electron chi connectivity index (χ4n) is 4.98. The Hall–Kier alpha value is -5.10. The van der Waals surface area contributed by atoms with Crippen molar-refractivity contribution in [3.8, 4) is 17.2 Å². The smallest absolute Gasteiger partial charge is 0.337 e. The van der Waals surface area contributed by atoms with Crippen LogP contribution >= 0.6 is 0 Å². The maximum absolute atomic E-state index is 12.4. The Bertz CT molecular complexity index is 1610. The van der Waals surface area contributed by atoms with Gasteiger partial charge in [-0.25, -0.2) is 9.59 Å². The van der Waals surface area contributed by atoms with E-state index in [1.165, 1.54) is 14.0 Å². The minimum atomic E-state index is -1.14. The summed E-state index contributed by atoms with van der Waals surface area (Å²) in [4.78, 5) is 36.2. The van der Waals surface area contributed by atoms with Crippen LogP contribution in [0, 0.1) is 13.8 Å². The molecule has 2 atom stereocenters. The van der Waals surface area contributed by atoms with Crippen LogP contribution in [-0.2, 0) is 9.53 Å². The van der Waals surface area contributed by atoms with Crippen LogP contribution in [0.3, 0.4) is 0 Å². The van der Waals surface area contributed by atoms with Gasteiger partial charge in [-0.1, -0.05) is 6.07 Å². The van der Waals surface area contributed by atoms with Gasteiger partial charge in [0, 0.05) is 33.9 Å². The lowest BCUT2D eigenvalue weighted by Gasteiger charge is -2.28. The van der Waals surface area contributed by atoms with Crippen LogP contribution in [0.4, 0.5) is 4.79 Å². The number of allylic oxidation sites excluding steroid dienone is 1. The number of aryl methyl sites for hydroxylation is 1. The van der Waals surface area contributed by atoms with Gasteiger partial charge in [-0.3, -0.25) is 10.2 Å². The Kier molecular flexibility index (Phi) is 10.1. The van der Waals surface area contributed by atoms with Gasteiger partial charge in [0.15, 0.2) is 23.5 Å². The molecule has 2 heterocycles. The zero-order chi connectivity index (χ0) is 32.0. The average Bonchev–Trinajstić information content (AvgIpc) is 3.28. The monoisotopic (exact) mass is 603 g/mol. The predicted octanol–water partition coefficient (Wildman–Crippen LogP) is 3.82. The summed E-state index contributed by atoms with van der Waals surface area (Å²) >= 11 is 0. The molecular formula is C32H37N5O7. The van der Waals surface area contributed by atoms with E-state index in [1.54, 1.807) is 43.5 Å². The maximum atomic E-state index is 12.4. The summed E-state index contributed by atoms with van der Waals surface area (Å²) in [5.74, 6) is 0.178. The van der Waals surface area contributed by atoms with Gasteiger partial charge in [0.05, 0.1) is 31.5 Å². The number of Topliss-reactive ketones (excluding diaryl/α,β-unsaturated/α-hetero) is 1. The number of amides is 2. The number of esters is 1. The second kappa shape index (κ2) is 13.9. The minimum absolute atomic E-state index is 0.0130. The Morgan fingerprint density at radius 1 is 1.09 bits per heavy atom. The minimum Gasteiger partial charge on any atom is -0.490 e. The van der Waals surface area contributed by atoms with Gasteiger partial charge < -0.3 is 34.5 Å². The molecule has 2 amide bonds. The Balaban J connectivity index is 1.42. The first-order valence-corrected chi connectivity index (χ1v) is 14.1. The van der Waals surface area contributed by atoms with Crippen LogP contribution in [0.25, 0.3) is 5.69 Å². The highest BCUT2D eigenvalue weighted by Crippen LogP contribution is 2.35. The molecule has 0 aliphatic carbocycles. The number of carbonyl (C=O) groups is 3. The molecular weight excluding hydrogens is 566 g/mol. The van der Waals surface area contributed by atoms with Crippen molar-refractivity contribution in [3.63, 3.8) is 0 Å². The molecule has 4 N–H and O–H groups in total. The van der Waals surface area contributed by atoms with Gasteiger partial charge in [0.1, 0.15) is 6.61 Å². The van der Waals surface area contributed by atoms with Gasteiger partial charge in [-0.15, -0.1) is 0 Å². The number of hydrogen-bond acceptors (Lipinski definition) is 9. The van der Waals surface area contributed by atoms with Crippen molar-refractivity contribution >= 4 is 24.0 Å². The summed E-state index contributed by atoms with van der Waals surface area (Å²) < 4.78 is 18.6. The third-order valence-electron chi connectivity index (χ3n) is 7.10. The second-order valence-corrected chi connectivity index (χ2v) is 10.2. The number of aliphatic hydroxyl groups excluding tert-OH is 1. The summed E-state index contributed by atoms with van der Waals surface area (Å²) in [5, 5.41) is 20.0. The fourth-order valence-corrected chi connectivity index (χ4v) is 4.98. The number of nitrogens with zero attached hydrogens (tertiary/aromatic N) is 2. The molecule has 12 heteroatoms. The first kappa shape index (κ1) is 31.8. The van der Waals surface area contributed by atoms with E-state index in [-0.39, 0.29) is 18.0 Å². The second-order valence-electron chi connectivity index (χ2n) is 10.2. The van der Waals surface area contributed by atoms with Crippen molar-refractivity contribution < 1.29 is 33.7 Å². The number of hydrazone groups is 1. The topological polar surface area (TPSA) is 153 Å². The molecule has 1 aliphatic rings.